The van der Waals surface area contributed by atoms with Crippen LogP contribution in [-0.4, -0.2) is 20.9 Å². The van der Waals surface area contributed by atoms with E-state index in [-0.39, 0.29) is 5.91 Å². The lowest BCUT2D eigenvalue weighted by Gasteiger charge is -2.02. The molecule has 3 rings (SSSR count). The Morgan fingerprint density at radius 2 is 2.16 bits per heavy atom. The molecule has 0 saturated carbocycles. The van der Waals surface area contributed by atoms with Gasteiger partial charge in [-0.15, -0.1) is 0 Å². The number of nitrogens with zero attached hydrogens (tertiary/aromatic N) is 2. The molecule has 5 nitrogen and oxygen atoms in total. The highest BCUT2D eigenvalue weighted by Crippen LogP contribution is 2.14. The molecule has 0 aliphatic heterocycles. The van der Waals surface area contributed by atoms with E-state index in [1.807, 2.05) is 30.3 Å². The number of amides is 1. The van der Waals surface area contributed by atoms with E-state index in [1.54, 1.807) is 0 Å². The molecule has 0 radical (unpaired) electrons. The van der Waals surface area contributed by atoms with Gasteiger partial charge in [0.25, 0.3) is 5.91 Å². The van der Waals surface area contributed by atoms with E-state index in [0.29, 0.717) is 12.2 Å². The first kappa shape index (κ1) is 11.4. The summed E-state index contributed by atoms with van der Waals surface area (Å²) in [5.74, 6) is -0.230. The minimum absolute atomic E-state index is 0.230. The van der Waals surface area contributed by atoms with Gasteiger partial charge >= 0.3 is 0 Å². The predicted octanol–water partition coefficient (Wildman–Crippen LogP) is 1.89. The van der Waals surface area contributed by atoms with Crippen molar-refractivity contribution in [2.24, 2.45) is 0 Å². The largest absolute Gasteiger partial charge is 0.357 e. The normalized spacial score (nSPS) is 10.5. The predicted molar refractivity (Wildman–Crippen MR) is 71.5 cm³/mol. The second-order valence-corrected chi connectivity index (χ2v) is 4.16. The molecule has 19 heavy (non-hydrogen) atoms. The average Bonchev–Trinajstić information content (AvgIpc) is 2.88. The molecular formula is C14H12N4O. The Kier molecular flexibility index (Phi) is 2.94. The molecule has 0 aliphatic rings. The number of hydrogen-bond acceptors (Lipinski definition) is 3. The summed E-state index contributed by atoms with van der Waals surface area (Å²) in [6, 6.07) is 10.0. The van der Waals surface area contributed by atoms with Crippen LogP contribution < -0.4 is 5.32 Å². The summed E-state index contributed by atoms with van der Waals surface area (Å²) >= 11 is 0. The van der Waals surface area contributed by atoms with Crippen LogP contribution in [0.5, 0.6) is 0 Å². The van der Waals surface area contributed by atoms with E-state index in [0.717, 1.165) is 16.6 Å². The topological polar surface area (TPSA) is 70.7 Å². The highest BCUT2D eigenvalue weighted by molar-refractivity contribution is 5.91. The monoisotopic (exact) mass is 252 g/mol. The van der Waals surface area contributed by atoms with Crippen LogP contribution in [0, 0.1) is 0 Å². The maximum Gasteiger partial charge on any atom is 0.271 e. The Hall–Kier alpha value is -2.69. The summed E-state index contributed by atoms with van der Waals surface area (Å²) in [5, 5.41) is 3.93. The van der Waals surface area contributed by atoms with Gasteiger partial charge in [-0.05, 0) is 17.5 Å². The van der Waals surface area contributed by atoms with Gasteiger partial charge in [0.05, 0.1) is 12.7 Å². The first-order chi connectivity index (χ1) is 9.33. The third-order valence-corrected chi connectivity index (χ3v) is 2.82. The van der Waals surface area contributed by atoms with E-state index in [9.17, 15) is 4.79 Å². The molecule has 0 atom stereocenters. The Morgan fingerprint density at radius 1 is 1.26 bits per heavy atom. The number of hydrogen-bond donors (Lipinski definition) is 2. The molecule has 2 heterocycles. The summed E-state index contributed by atoms with van der Waals surface area (Å²) in [5.41, 5.74) is 2.34. The molecule has 3 aromatic rings. The number of fused-ring (bicyclic) bond motifs is 1. The number of rotatable bonds is 3. The number of carbonyl (C=O) groups is 1. The van der Waals surface area contributed by atoms with Gasteiger partial charge in [-0.2, -0.15) is 0 Å². The molecule has 0 bridgehead atoms. The number of H-pyrrole nitrogens is 1. The standard InChI is InChI=1S/C14H12N4O/c19-14(13-9-15-5-6-16-13)17-8-11-7-10-3-1-2-4-12(10)18-11/h1-7,9,18H,8H2,(H,17,19). The van der Waals surface area contributed by atoms with Crippen molar-refractivity contribution in [1.29, 1.82) is 0 Å². The van der Waals surface area contributed by atoms with Gasteiger partial charge in [0, 0.05) is 23.6 Å². The van der Waals surface area contributed by atoms with Gasteiger partial charge in [0.15, 0.2) is 0 Å². The minimum atomic E-state index is -0.230. The van der Waals surface area contributed by atoms with Crippen molar-refractivity contribution in [2.45, 2.75) is 6.54 Å². The second-order valence-electron chi connectivity index (χ2n) is 4.16. The summed E-state index contributed by atoms with van der Waals surface area (Å²) in [6.45, 7) is 0.435. The lowest BCUT2D eigenvalue weighted by atomic mass is 10.2. The van der Waals surface area contributed by atoms with Gasteiger partial charge in [-0.25, -0.2) is 4.98 Å². The van der Waals surface area contributed by atoms with Gasteiger partial charge < -0.3 is 10.3 Å². The number of benzene rings is 1. The van der Waals surface area contributed by atoms with Crippen molar-refractivity contribution in [3.8, 4) is 0 Å². The van der Waals surface area contributed by atoms with Crippen LogP contribution in [0.2, 0.25) is 0 Å². The van der Waals surface area contributed by atoms with Crippen LogP contribution >= 0.6 is 0 Å². The first-order valence-corrected chi connectivity index (χ1v) is 5.94. The molecule has 0 spiro atoms. The maximum absolute atomic E-state index is 11.8. The molecule has 2 N–H and O–H groups in total. The number of aromatic amines is 1. The van der Waals surface area contributed by atoms with Gasteiger partial charge in [-0.1, -0.05) is 18.2 Å². The highest BCUT2D eigenvalue weighted by atomic mass is 16.1. The molecule has 0 aliphatic carbocycles. The maximum atomic E-state index is 11.8. The zero-order chi connectivity index (χ0) is 13.1. The molecule has 2 aromatic heterocycles. The third-order valence-electron chi connectivity index (χ3n) is 2.82. The lowest BCUT2D eigenvalue weighted by Crippen LogP contribution is -2.23. The summed E-state index contributed by atoms with van der Waals surface area (Å²) in [6.07, 6.45) is 4.48. The Morgan fingerprint density at radius 3 is 2.95 bits per heavy atom. The Labute approximate surface area is 109 Å². The molecule has 1 aromatic carbocycles. The summed E-state index contributed by atoms with van der Waals surface area (Å²) < 4.78 is 0. The SMILES string of the molecule is O=C(NCc1cc2ccccc2[nH]1)c1cnccn1. The van der Waals surface area contributed by atoms with Crippen molar-refractivity contribution < 1.29 is 4.79 Å². The van der Waals surface area contributed by atoms with Gasteiger partial charge in [0.2, 0.25) is 0 Å². The second kappa shape index (κ2) is 4.89. The van der Waals surface area contributed by atoms with E-state index in [2.05, 4.69) is 20.3 Å². The number of aromatic nitrogens is 3. The summed E-state index contributed by atoms with van der Waals surface area (Å²) in [7, 11) is 0. The van der Waals surface area contributed by atoms with E-state index < -0.39 is 0 Å². The highest BCUT2D eigenvalue weighted by Gasteiger charge is 2.07. The van der Waals surface area contributed by atoms with E-state index >= 15 is 0 Å². The van der Waals surface area contributed by atoms with Gasteiger partial charge in [-0.3, -0.25) is 9.78 Å². The quantitative estimate of drug-likeness (QED) is 0.747. The fraction of sp³-hybridized carbons (Fsp3) is 0.0714. The minimum Gasteiger partial charge on any atom is -0.357 e. The van der Waals surface area contributed by atoms with Crippen molar-refractivity contribution in [3.05, 3.63) is 60.3 Å². The van der Waals surface area contributed by atoms with Crippen LogP contribution in [0.15, 0.2) is 48.9 Å². The number of nitrogens with one attached hydrogen (secondary N) is 2. The first-order valence-electron chi connectivity index (χ1n) is 5.94. The molecule has 5 heteroatoms. The van der Waals surface area contributed by atoms with E-state index in [1.165, 1.54) is 18.6 Å². The molecule has 0 saturated heterocycles. The van der Waals surface area contributed by atoms with E-state index in [4.69, 9.17) is 0 Å². The van der Waals surface area contributed by atoms with Crippen molar-refractivity contribution in [3.63, 3.8) is 0 Å². The zero-order valence-corrected chi connectivity index (χ0v) is 10.1. The molecular weight excluding hydrogens is 240 g/mol. The smallest absolute Gasteiger partial charge is 0.271 e. The molecule has 0 fully saturated rings. The van der Waals surface area contributed by atoms with Crippen LogP contribution in [0.3, 0.4) is 0 Å². The number of para-hydroxylation sites is 1. The molecule has 0 unspecified atom stereocenters. The zero-order valence-electron chi connectivity index (χ0n) is 10.1. The fourth-order valence-corrected chi connectivity index (χ4v) is 1.91. The number of carbonyl (C=O) groups excluding carboxylic acids is 1. The summed E-state index contributed by atoms with van der Waals surface area (Å²) in [4.78, 5) is 22.9. The molecule has 94 valence electrons. The Bertz CT molecular complexity index is 673. The van der Waals surface area contributed by atoms with Crippen LogP contribution in [-0.2, 0) is 6.54 Å². The van der Waals surface area contributed by atoms with Crippen molar-refractivity contribution in [1.82, 2.24) is 20.3 Å². The van der Waals surface area contributed by atoms with Crippen LogP contribution in [0.1, 0.15) is 16.2 Å². The third kappa shape index (κ3) is 2.44. The van der Waals surface area contributed by atoms with Crippen LogP contribution in [0.25, 0.3) is 10.9 Å². The average molecular weight is 252 g/mol. The van der Waals surface area contributed by atoms with Crippen molar-refractivity contribution in [2.75, 3.05) is 0 Å². The lowest BCUT2D eigenvalue weighted by molar-refractivity contribution is 0.0945. The van der Waals surface area contributed by atoms with Gasteiger partial charge in [0.1, 0.15) is 5.69 Å². The van der Waals surface area contributed by atoms with Crippen LogP contribution in [0.4, 0.5) is 0 Å². The fourth-order valence-electron chi connectivity index (χ4n) is 1.91. The van der Waals surface area contributed by atoms with Crippen molar-refractivity contribution >= 4 is 16.8 Å². The Balaban J connectivity index is 1.71. The molecule has 1 amide bonds.